The van der Waals surface area contributed by atoms with Crippen LogP contribution < -0.4 is 11.1 Å². The zero-order valence-corrected chi connectivity index (χ0v) is 17.0. The largest absolute Gasteiger partial charge is 0.368 e. The molecule has 0 aliphatic heterocycles. The number of nitrogens with two attached hydrogens (primary N) is 1. The molecule has 0 bridgehead atoms. The Labute approximate surface area is 173 Å². The lowest BCUT2D eigenvalue weighted by atomic mass is 10.1. The molecule has 5 rings (SSSR count). The van der Waals surface area contributed by atoms with Crippen LogP contribution in [0.3, 0.4) is 0 Å². The van der Waals surface area contributed by atoms with Gasteiger partial charge in [0, 0.05) is 35.9 Å². The van der Waals surface area contributed by atoms with E-state index in [1.165, 1.54) is 10.9 Å². The van der Waals surface area contributed by atoms with Gasteiger partial charge >= 0.3 is 0 Å². The molecule has 0 unspecified atom stereocenters. The fraction of sp³-hybridized carbons (Fsp3) is 0.174. The number of fused-ring (bicyclic) bond motifs is 2. The molecule has 0 saturated carbocycles. The van der Waals surface area contributed by atoms with E-state index in [9.17, 15) is 0 Å². The number of hydrogen-bond donors (Lipinski definition) is 4. The number of benzene rings is 2. The molecular formula is C23H23N7. The van der Waals surface area contributed by atoms with E-state index in [4.69, 9.17) is 5.73 Å². The first-order chi connectivity index (χ1) is 14.5. The van der Waals surface area contributed by atoms with Gasteiger partial charge in [0.25, 0.3) is 0 Å². The quantitative estimate of drug-likeness (QED) is 0.355. The van der Waals surface area contributed by atoms with Crippen molar-refractivity contribution in [1.82, 2.24) is 24.9 Å². The van der Waals surface area contributed by atoms with Crippen molar-refractivity contribution in [2.24, 2.45) is 0 Å². The molecule has 0 atom stereocenters. The Bertz CT molecular complexity index is 1360. The number of hydrogen-bond acceptors (Lipinski definition) is 5. The molecule has 30 heavy (non-hydrogen) atoms. The number of nitrogens with zero attached hydrogens (tertiary/aromatic N) is 3. The molecule has 3 aromatic heterocycles. The van der Waals surface area contributed by atoms with Gasteiger partial charge in [-0.1, -0.05) is 12.1 Å². The van der Waals surface area contributed by atoms with Crippen molar-refractivity contribution in [2.75, 3.05) is 11.1 Å². The summed E-state index contributed by atoms with van der Waals surface area (Å²) >= 11 is 0. The first kappa shape index (κ1) is 18.2. The molecule has 2 aromatic carbocycles. The Hall–Kier alpha value is -3.87. The van der Waals surface area contributed by atoms with Crippen LogP contribution in [0, 0.1) is 13.8 Å². The van der Waals surface area contributed by atoms with Crippen molar-refractivity contribution in [3.05, 3.63) is 76.9 Å². The molecule has 0 spiro atoms. The van der Waals surface area contributed by atoms with Crippen molar-refractivity contribution in [2.45, 2.75) is 26.8 Å². The maximum atomic E-state index is 5.86. The molecule has 0 saturated heterocycles. The number of anilines is 2. The van der Waals surface area contributed by atoms with Gasteiger partial charge in [-0.25, -0.2) is 9.97 Å². The molecule has 3 heterocycles. The molecule has 5 N–H and O–H groups in total. The first-order valence-corrected chi connectivity index (χ1v) is 9.92. The van der Waals surface area contributed by atoms with Gasteiger partial charge in [-0.05, 0) is 60.7 Å². The second-order valence-electron chi connectivity index (χ2n) is 7.68. The number of nitrogens with one attached hydrogen (secondary N) is 3. The van der Waals surface area contributed by atoms with Crippen LogP contribution in [0.15, 0.2) is 48.7 Å². The summed E-state index contributed by atoms with van der Waals surface area (Å²) in [7, 11) is 0. The molecule has 0 radical (unpaired) electrons. The van der Waals surface area contributed by atoms with E-state index in [1.807, 2.05) is 6.92 Å². The molecule has 0 amide bonds. The van der Waals surface area contributed by atoms with E-state index in [-0.39, 0.29) is 5.95 Å². The van der Waals surface area contributed by atoms with Gasteiger partial charge in [0.05, 0.1) is 11.0 Å². The third-order valence-electron chi connectivity index (χ3n) is 5.22. The highest BCUT2D eigenvalue weighted by Gasteiger charge is 2.09. The lowest BCUT2D eigenvalue weighted by Crippen LogP contribution is -2.08. The van der Waals surface area contributed by atoms with Crippen molar-refractivity contribution >= 4 is 33.7 Å². The molecular weight excluding hydrogens is 374 g/mol. The molecule has 0 fully saturated rings. The van der Waals surface area contributed by atoms with Gasteiger partial charge in [-0.3, -0.25) is 0 Å². The third kappa shape index (κ3) is 3.57. The van der Waals surface area contributed by atoms with Crippen LogP contribution in [0.4, 0.5) is 11.8 Å². The summed E-state index contributed by atoms with van der Waals surface area (Å²) in [5, 5.41) is 4.65. The molecule has 0 aliphatic rings. The standard InChI is InChI=1S/C23H23N7/c1-13-7-17-9-16(4-5-19(17)27-13)11-25-22-18(12-26-23(24)30-22)8-15-3-6-20-21(10-15)29-14(2)28-20/h3-7,9-10,12,27H,8,11H2,1-2H3,(H,28,29)(H3,24,25,26,30). The first-order valence-electron chi connectivity index (χ1n) is 9.92. The zero-order chi connectivity index (χ0) is 20.7. The van der Waals surface area contributed by atoms with Gasteiger partial charge in [0.2, 0.25) is 5.95 Å². The van der Waals surface area contributed by atoms with Crippen LogP contribution in [0.25, 0.3) is 21.9 Å². The van der Waals surface area contributed by atoms with E-state index >= 15 is 0 Å². The minimum Gasteiger partial charge on any atom is -0.368 e. The van der Waals surface area contributed by atoms with Crippen LogP contribution in [-0.2, 0) is 13.0 Å². The fourth-order valence-corrected chi connectivity index (χ4v) is 3.83. The summed E-state index contributed by atoms with van der Waals surface area (Å²) in [6.45, 7) is 4.68. The van der Waals surface area contributed by atoms with Crippen molar-refractivity contribution in [3.63, 3.8) is 0 Å². The number of aromatic nitrogens is 5. The Kier molecular flexibility index (Phi) is 4.35. The molecule has 150 valence electrons. The number of aryl methyl sites for hydroxylation is 2. The Balaban J connectivity index is 1.39. The SMILES string of the molecule is Cc1cc2cc(CNc3nc(N)ncc3Cc3ccc4[nH]c(C)nc4c3)ccc2[nH]1. The highest BCUT2D eigenvalue weighted by atomic mass is 15.1. The number of aromatic amines is 2. The highest BCUT2D eigenvalue weighted by Crippen LogP contribution is 2.22. The van der Waals surface area contributed by atoms with Crippen LogP contribution in [0.2, 0.25) is 0 Å². The van der Waals surface area contributed by atoms with E-state index in [0.29, 0.717) is 13.0 Å². The fourth-order valence-electron chi connectivity index (χ4n) is 3.83. The topological polar surface area (TPSA) is 108 Å². The minimum absolute atomic E-state index is 0.260. The zero-order valence-electron chi connectivity index (χ0n) is 17.0. The lowest BCUT2D eigenvalue weighted by molar-refractivity contribution is 1.04. The lowest BCUT2D eigenvalue weighted by Gasteiger charge is -2.12. The van der Waals surface area contributed by atoms with Crippen molar-refractivity contribution < 1.29 is 0 Å². The Morgan fingerprint density at radius 3 is 2.67 bits per heavy atom. The number of H-pyrrole nitrogens is 2. The third-order valence-corrected chi connectivity index (χ3v) is 5.22. The van der Waals surface area contributed by atoms with Crippen LogP contribution in [0.5, 0.6) is 0 Å². The molecule has 7 heteroatoms. The molecule has 0 aliphatic carbocycles. The number of rotatable bonds is 5. The summed E-state index contributed by atoms with van der Waals surface area (Å²) in [6.07, 6.45) is 2.49. The van der Waals surface area contributed by atoms with Gasteiger partial charge in [-0.2, -0.15) is 4.98 Å². The molecule has 5 aromatic rings. The summed E-state index contributed by atoms with van der Waals surface area (Å²) in [5.41, 5.74) is 13.5. The van der Waals surface area contributed by atoms with Gasteiger partial charge in [0.15, 0.2) is 0 Å². The highest BCUT2D eigenvalue weighted by molar-refractivity contribution is 5.81. The summed E-state index contributed by atoms with van der Waals surface area (Å²) in [5.74, 6) is 1.93. The summed E-state index contributed by atoms with van der Waals surface area (Å²) in [6, 6.07) is 14.8. The van der Waals surface area contributed by atoms with Gasteiger partial charge in [-0.15, -0.1) is 0 Å². The minimum atomic E-state index is 0.260. The van der Waals surface area contributed by atoms with E-state index in [0.717, 1.165) is 45.0 Å². The number of nitrogen functional groups attached to an aromatic ring is 1. The van der Waals surface area contributed by atoms with Crippen molar-refractivity contribution in [1.29, 1.82) is 0 Å². The maximum absolute atomic E-state index is 5.86. The van der Waals surface area contributed by atoms with E-state index < -0.39 is 0 Å². The van der Waals surface area contributed by atoms with Crippen molar-refractivity contribution in [3.8, 4) is 0 Å². The molecule has 7 nitrogen and oxygen atoms in total. The predicted octanol–water partition coefficient (Wildman–Crippen LogP) is 4.24. The second-order valence-corrected chi connectivity index (χ2v) is 7.68. The van der Waals surface area contributed by atoms with E-state index in [1.54, 1.807) is 6.20 Å². The second kappa shape index (κ2) is 7.18. The normalized spacial score (nSPS) is 11.4. The van der Waals surface area contributed by atoms with E-state index in [2.05, 4.69) is 79.6 Å². The average molecular weight is 397 g/mol. The van der Waals surface area contributed by atoms with Crippen LogP contribution in [0.1, 0.15) is 28.2 Å². The monoisotopic (exact) mass is 397 g/mol. The number of imidazole rings is 1. The Morgan fingerprint density at radius 1 is 0.933 bits per heavy atom. The average Bonchev–Trinajstić information content (AvgIpc) is 3.27. The Morgan fingerprint density at radius 2 is 1.77 bits per heavy atom. The predicted molar refractivity (Wildman–Crippen MR) is 120 cm³/mol. The van der Waals surface area contributed by atoms with Crippen LogP contribution in [-0.4, -0.2) is 24.9 Å². The smallest absolute Gasteiger partial charge is 0.221 e. The van der Waals surface area contributed by atoms with Crippen LogP contribution >= 0.6 is 0 Å². The maximum Gasteiger partial charge on any atom is 0.221 e. The van der Waals surface area contributed by atoms with Gasteiger partial charge in [0.1, 0.15) is 11.6 Å². The summed E-state index contributed by atoms with van der Waals surface area (Å²) < 4.78 is 0. The van der Waals surface area contributed by atoms with Gasteiger partial charge < -0.3 is 21.0 Å². The summed E-state index contributed by atoms with van der Waals surface area (Å²) in [4.78, 5) is 19.8.